The van der Waals surface area contributed by atoms with Crippen LogP contribution in [0.4, 0.5) is 0 Å². The average Bonchev–Trinajstić information content (AvgIpc) is 2.58. The SMILES string of the molecule is Clc1ccc(-n2cncn2)nn1. The third-order valence-electron chi connectivity index (χ3n) is 1.27. The van der Waals surface area contributed by atoms with Gasteiger partial charge >= 0.3 is 0 Å². The Kier molecular flexibility index (Phi) is 1.71. The van der Waals surface area contributed by atoms with Crippen molar-refractivity contribution >= 4 is 11.6 Å². The standard InChI is InChI=1S/C6H4ClN5/c7-5-1-2-6(11-10-5)12-4-8-3-9-12/h1-4H. The van der Waals surface area contributed by atoms with E-state index >= 15 is 0 Å². The van der Waals surface area contributed by atoms with Crippen molar-refractivity contribution in [3.05, 3.63) is 29.9 Å². The summed E-state index contributed by atoms with van der Waals surface area (Å²) in [6.45, 7) is 0. The van der Waals surface area contributed by atoms with Crippen molar-refractivity contribution in [2.24, 2.45) is 0 Å². The lowest BCUT2D eigenvalue weighted by atomic mass is 10.5. The molecule has 2 aromatic rings. The molecule has 2 rings (SSSR count). The van der Waals surface area contributed by atoms with Crippen LogP contribution in [0.15, 0.2) is 24.8 Å². The number of rotatable bonds is 1. The summed E-state index contributed by atoms with van der Waals surface area (Å²) in [6.07, 6.45) is 2.97. The summed E-state index contributed by atoms with van der Waals surface area (Å²) in [5.74, 6) is 0.594. The fourth-order valence-corrected chi connectivity index (χ4v) is 0.858. The van der Waals surface area contributed by atoms with Crippen molar-refractivity contribution in [1.29, 1.82) is 0 Å². The smallest absolute Gasteiger partial charge is 0.177 e. The third kappa shape index (κ3) is 1.26. The molecule has 2 aromatic heterocycles. The van der Waals surface area contributed by atoms with E-state index in [-0.39, 0.29) is 0 Å². The van der Waals surface area contributed by atoms with E-state index in [4.69, 9.17) is 11.6 Å². The van der Waals surface area contributed by atoms with Gasteiger partial charge in [0.05, 0.1) is 0 Å². The van der Waals surface area contributed by atoms with Gasteiger partial charge in [0.15, 0.2) is 11.0 Å². The Hall–Kier alpha value is -1.49. The van der Waals surface area contributed by atoms with E-state index in [1.165, 1.54) is 17.3 Å². The molecule has 0 N–H and O–H groups in total. The van der Waals surface area contributed by atoms with Gasteiger partial charge in [0.25, 0.3) is 0 Å². The first-order valence-electron chi connectivity index (χ1n) is 3.20. The molecule has 0 atom stereocenters. The predicted molar refractivity (Wildman–Crippen MR) is 42.0 cm³/mol. The van der Waals surface area contributed by atoms with Crippen LogP contribution >= 0.6 is 11.6 Å². The summed E-state index contributed by atoms with van der Waals surface area (Å²) in [5.41, 5.74) is 0. The molecule has 0 saturated heterocycles. The molecule has 6 heteroatoms. The minimum absolute atomic E-state index is 0.360. The molecule has 0 aliphatic carbocycles. The van der Waals surface area contributed by atoms with Crippen molar-refractivity contribution in [2.75, 3.05) is 0 Å². The van der Waals surface area contributed by atoms with Gasteiger partial charge < -0.3 is 0 Å². The quantitative estimate of drug-likeness (QED) is 0.650. The van der Waals surface area contributed by atoms with Crippen molar-refractivity contribution in [2.45, 2.75) is 0 Å². The normalized spacial score (nSPS) is 10.1. The second-order valence-corrected chi connectivity index (χ2v) is 2.44. The summed E-state index contributed by atoms with van der Waals surface area (Å²) < 4.78 is 1.50. The van der Waals surface area contributed by atoms with E-state index < -0.39 is 0 Å². The molecule has 0 spiro atoms. The van der Waals surface area contributed by atoms with Gasteiger partial charge in [-0.25, -0.2) is 9.67 Å². The van der Waals surface area contributed by atoms with Gasteiger partial charge in [0.2, 0.25) is 0 Å². The van der Waals surface area contributed by atoms with E-state index in [1.807, 2.05) is 0 Å². The summed E-state index contributed by atoms with van der Waals surface area (Å²) in [5, 5.41) is 11.7. The summed E-state index contributed by atoms with van der Waals surface area (Å²) in [6, 6.07) is 3.36. The topological polar surface area (TPSA) is 56.5 Å². The van der Waals surface area contributed by atoms with Crippen molar-refractivity contribution in [3.63, 3.8) is 0 Å². The molecule has 0 aromatic carbocycles. The Labute approximate surface area is 73.0 Å². The zero-order valence-electron chi connectivity index (χ0n) is 5.92. The van der Waals surface area contributed by atoms with Crippen LogP contribution in [0.1, 0.15) is 0 Å². The highest BCUT2D eigenvalue weighted by atomic mass is 35.5. The Morgan fingerprint density at radius 1 is 1.25 bits per heavy atom. The Morgan fingerprint density at radius 2 is 2.17 bits per heavy atom. The van der Waals surface area contributed by atoms with Crippen LogP contribution in [0.2, 0.25) is 5.15 Å². The predicted octanol–water partition coefficient (Wildman–Crippen LogP) is 0.711. The number of hydrogen-bond donors (Lipinski definition) is 0. The minimum atomic E-state index is 0.360. The number of nitrogens with zero attached hydrogens (tertiary/aromatic N) is 5. The van der Waals surface area contributed by atoms with Crippen LogP contribution in [-0.2, 0) is 0 Å². The summed E-state index contributed by atoms with van der Waals surface area (Å²) >= 11 is 5.55. The molecule has 0 unspecified atom stereocenters. The highest BCUT2D eigenvalue weighted by molar-refractivity contribution is 6.29. The van der Waals surface area contributed by atoms with Crippen molar-refractivity contribution in [3.8, 4) is 5.82 Å². The first-order valence-corrected chi connectivity index (χ1v) is 3.58. The van der Waals surface area contributed by atoms with Gasteiger partial charge in [-0.05, 0) is 12.1 Å². The molecule has 12 heavy (non-hydrogen) atoms. The Morgan fingerprint density at radius 3 is 2.75 bits per heavy atom. The first kappa shape index (κ1) is 7.17. The van der Waals surface area contributed by atoms with Crippen molar-refractivity contribution < 1.29 is 0 Å². The van der Waals surface area contributed by atoms with Crippen LogP contribution in [0, 0.1) is 0 Å². The molecule has 60 valence electrons. The average molecular weight is 182 g/mol. The molecule has 0 radical (unpaired) electrons. The van der Waals surface area contributed by atoms with Gasteiger partial charge in [-0.15, -0.1) is 10.2 Å². The maximum Gasteiger partial charge on any atom is 0.177 e. The lowest BCUT2D eigenvalue weighted by molar-refractivity contribution is 0.813. The van der Waals surface area contributed by atoms with E-state index in [1.54, 1.807) is 12.1 Å². The van der Waals surface area contributed by atoms with E-state index in [2.05, 4.69) is 20.3 Å². The molecular weight excluding hydrogens is 178 g/mol. The van der Waals surface area contributed by atoms with Gasteiger partial charge in [-0.3, -0.25) is 0 Å². The molecule has 0 aliphatic heterocycles. The second-order valence-electron chi connectivity index (χ2n) is 2.05. The largest absolute Gasteiger partial charge is 0.223 e. The summed E-state index contributed by atoms with van der Waals surface area (Å²) in [4.78, 5) is 3.77. The second kappa shape index (κ2) is 2.86. The van der Waals surface area contributed by atoms with E-state index in [0.717, 1.165) is 0 Å². The monoisotopic (exact) mass is 181 g/mol. The fraction of sp³-hybridized carbons (Fsp3) is 0. The summed E-state index contributed by atoms with van der Waals surface area (Å²) in [7, 11) is 0. The number of hydrogen-bond acceptors (Lipinski definition) is 4. The zero-order valence-corrected chi connectivity index (χ0v) is 6.68. The molecular formula is C6H4ClN5. The molecule has 0 saturated carbocycles. The fourth-order valence-electron chi connectivity index (χ4n) is 0.758. The highest BCUT2D eigenvalue weighted by Crippen LogP contribution is 2.04. The maximum atomic E-state index is 5.55. The lowest BCUT2D eigenvalue weighted by Gasteiger charge is -1.95. The molecule has 2 heterocycles. The Bertz CT molecular complexity index is 354. The van der Waals surface area contributed by atoms with Gasteiger partial charge in [0.1, 0.15) is 12.7 Å². The highest BCUT2D eigenvalue weighted by Gasteiger charge is 1.97. The maximum absolute atomic E-state index is 5.55. The van der Waals surface area contributed by atoms with Crippen LogP contribution in [-0.4, -0.2) is 25.0 Å². The van der Waals surface area contributed by atoms with Crippen LogP contribution in [0.25, 0.3) is 5.82 Å². The van der Waals surface area contributed by atoms with Crippen LogP contribution in [0.5, 0.6) is 0 Å². The molecule has 5 nitrogen and oxygen atoms in total. The number of aromatic nitrogens is 5. The molecule has 0 amide bonds. The first-order chi connectivity index (χ1) is 5.86. The van der Waals surface area contributed by atoms with Gasteiger partial charge in [-0.2, -0.15) is 5.10 Å². The molecule has 0 bridgehead atoms. The number of halogens is 1. The lowest BCUT2D eigenvalue weighted by Crippen LogP contribution is -1.98. The molecule has 0 fully saturated rings. The van der Waals surface area contributed by atoms with E-state index in [0.29, 0.717) is 11.0 Å². The molecule has 0 aliphatic rings. The zero-order chi connectivity index (χ0) is 8.39. The van der Waals surface area contributed by atoms with E-state index in [9.17, 15) is 0 Å². The third-order valence-corrected chi connectivity index (χ3v) is 1.47. The Balaban J connectivity index is 2.43. The van der Waals surface area contributed by atoms with Crippen molar-refractivity contribution in [1.82, 2.24) is 25.0 Å². The van der Waals surface area contributed by atoms with Crippen LogP contribution in [0.3, 0.4) is 0 Å². The van der Waals surface area contributed by atoms with Gasteiger partial charge in [-0.1, -0.05) is 11.6 Å². The van der Waals surface area contributed by atoms with Crippen LogP contribution < -0.4 is 0 Å². The minimum Gasteiger partial charge on any atom is -0.223 e. The van der Waals surface area contributed by atoms with Gasteiger partial charge in [0, 0.05) is 0 Å².